The van der Waals surface area contributed by atoms with Crippen LogP contribution in [0.1, 0.15) is 13.3 Å². The van der Waals surface area contributed by atoms with Crippen LogP contribution in [-0.4, -0.2) is 20.2 Å². The molecule has 1 aliphatic carbocycles. The summed E-state index contributed by atoms with van der Waals surface area (Å²) in [6.45, 7) is 1.75. The highest BCUT2D eigenvalue weighted by Crippen LogP contribution is 2.27. The van der Waals surface area contributed by atoms with Crippen LogP contribution in [0.15, 0.2) is 41.4 Å². The number of nitrogens with one attached hydrogen (secondary N) is 1. The molecule has 2 rings (SSSR count). The van der Waals surface area contributed by atoms with Gasteiger partial charge in [0.1, 0.15) is 17.2 Å². The van der Waals surface area contributed by atoms with E-state index in [4.69, 9.17) is 0 Å². The molecule has 0 saturated heterocycles. The van der Waals surface area contributed by atoms with E-state index in [2.05, 4.69) is 5.43 Å². The Balaban J connectivity index is 2.15. The lowest BCUT2D eigenvalue weighted by molar-refractivity contribution is -0.627. The number of aromatic hydroxyl groups is 2. The molecule has 8 nitrogen and oxygen atoms in total. The number of hydrogen-bond donors (Lipinski definition) is 5. The minimum atomic E-state index is -0.515. The maximum atomic E-state index is 10.7. The lowest BCUT2D eigenvalue weighted by Crippen LogP contribution is -2.87. The molecule has 8 heteroatoms. The fraction of sp³-hybridized carbons (Fsp3) is 0.231. The van der Waals surface area contributed by atoms with Gasteiger partial charge in [-0.2, -0.15) is 0 Å². The van der Waals surface area contributed by atoms with Gasteiger partial charge in [0, 0.05) is 24.5 Å². The van der Waals surface area contributed by atoms with Crippen LogP contribution in [-0.2, 0) is 0 Å². The first-order valence-corrected chi connectivity index (χ1v) is 6.28. The average molecular weight is 294 g/mol. The Kier molecular flexibility index (Phi) is 3.99. The number of phenolic OH excluding ortho intramolecular Hbond substituents is 2. The molecule has 0 amide bonds. The molecule has 0 radical (unpaired) electrons. The fourth-order valence-electron chi connectivity index (χ4n) is 2.12. The predicted molar refractivity (Wildman–Crippen MR) is 73.0 cm³/mol. The van der Waals surface area contributed by atoms with Gasteiger partial charge in [0.15, 0.2) is 11.4 Å². The van der Waals surface area contributed by atoms with Crippen LogP contribution >= 0.6 is 0 Å². The predicted octanol–water partition coefficient (Wildman–Crippen LogP) is 0.767. The van der Waals surface area contributed by atoms with Gasteiger partial charge in [-0.3, -0.25) is 10.1 Å². The largest absolute Gasteiger partial charge is 0.508 e. The number of quaternary nitrogens is 1. The number of phenols is 2. The second kappa shape index (κ2) is 5.71. The van der Waals surface area contributed by atoms with Gasteiger partial charge >= 0.3 is 0 Å². The van der Waals surface area contributed by atoms with E-state index in [1.165, 1.54) is 23.6 Å². The van der Waals surface area contributed by atoms with Crippen molar-refractivity contribution in [1.82, 2.24) is 5.43 Å². The van der Waals surface area contributed by atoms with E-state index >= 15 is 0 Å². The van der Waals surface area contributed by atoms with Crippen LogP contribution in [0.2, 0.25) is 0 Å². The normalized spacial score (nSPS) is 18.3. The van der Waals surface area contributed by atoms with Crippen molar-refractivity contribution in [3.05, 3.63) is 51.5 Å². The summed E-state index contributed by atoms with van der Waals surface area (Å²) in [4.78, 5) is 10.2. The molecule has 112 valence electrons. The summed E-state index contributed by atoms with van der Waals surface area (Å²) in [7, 11) is 0. The maximum Gasteiger partial charge on any atom is 0.250 e. The van der Waals surface area contributed by atoms with Crippen LogP contribution in [0.5, 0.6) is 11.5 Å². The smallest absolute Gasteiger partial charge is 0.250 e. The molecule has 1 atom stereocenters. The van der Waals surface area contributed by atoms with E-state index in [-0.39, 0.29) is 35.3 Å². The Labute approximate surface area is 120 Å². The molecule has 21 heavy (non-hydrogen) atoms. The number of hydrogen-bond acceptors (Lipinski definition) is 6. The molecule has 0 bridgehead atoms. The van der Waals surface area contributed by atoms with Crippen molar-refractivity contribution >= 4 is 5.69 Å². The van der Waals surface area contributed by atoms with Crippen LogP contribution in [0.4, 0.5) is 5.69 Å². The van der Waals surface area contributed by atoms with E-state index in [0.717, 1.165) is 6.08 Å². The fourth-order valence-corrected chi connectivity index (χ4v) is 2.12. The second-order valence-electron chi connectivity index (χ2n) is 4.83. The van der Waals surface area contributed by atoms with Crippen LogP contribution in [0.3, 0.4) is 0 Å². The number of benzene rings is 1. The van der Waals surface area contributed by atoms with Crippen molar-refractivity contribution < 1.29 is 25.7 Å². The van der Waals surface area contributed by atoms with Crippen LogP contribution < -0.4 is 10.9 Å². The zero-order valence-corrected chi connectivity index (χ0v) is 11.3. The number of allylic oxidation sites excluding steroid dienone is 3. The Bertz CT molecular complexity index is 639. The zero-order valence-electron chi connectivity index (χ0n) is 11.3. The van der Waals surface area contributed by atoms with Gasteiger partial charge in [0.25, 0.3) is 5.70 Å². The van der Waals surface area contributed by atoms with Crippen molar-refractivity contribution in [2.24, 2.45) is 5.92 Å². The SMILES string of the molecule is CC1CC([N+](=O)[O-])=CC(O)=C1N[NH2+]c1ccc(O)cc1O. The van der Waals surface area contributed by atoms with Crippen LogP contribution in [0.25, 0.3) is 0 Å². The highest BCUT2D eigenvalue weighted by molar-refractivity contribution is 5.48. The number of nitro groups is 1. The number of nitrogens with zero attached hydrogens (tertiary/aromatic N) is 1. The minimum absolute atomic E-state index is 0.0435. The summed E-state index contributed by atoms with van der Waals surface area (Å²) in [5, 5.41) is 39.5. The highest BCUT2D eigenvalue weighted by atomic mass is 16.6. The van der Waals surface area contributed by atoms with E-state index in [0.29, 0.717) is 11.4 Å². The molecule has 0 spiro atoms. The van der Waals surface area contributed by atoms with E-state index in [9.17, 15) is 25.4 Å². The Hall–Kier alpha value is -2.74. The summed E-state index contributed by atoms with van der Waals surface area (Å²) >= 11 is 0. The maximum absolute atomic E-state index is 10.7. The van der Waals surface area contributed by atoms with Crippen molar-refractivity contribution in [2.75, 3.05) is 0 Å². The summed E-state index contributed by atoms with van der Waals surface area (Å²) in [5.74, 6) is -0.634. The van der Waals surface area contributed by atoms with Gasteiger partial charge in [-0.25, -0.2) is 10.9 Å². The third-order valence-electron chi connectivity index (χ3n) is 3.22. The first-order valence-electron chi connectivity index (χ1n) is 6.28. The topological polar surface area (TPSA) is 132 Å². The molecule has 1 aromatic rings. The van der Waals surface area contributed by atoms with Gasteiger partial charge in [-0.15, -0.1) is 0 Å². The van der Waals surface area contributed by atoms with E-state index in [1.807, 2.05) is 0 Å². The molecule has 0 saturated carbocycles. The molecule has 0 fully saturated rings. The molecule has 1 aliphatic rings. The third kappa shape index (κ3) is 3.23. The second-order valence-corrected chi connectivity index (χ2v) is 4.83. The van der Waals surface area contributed by atoms with Crippen molar-refractivity contribution in [2.45, 2.75) is 13.3 Å². The van der Waals surface area contributed by atoms with Gasteiger partial charge in [0.2, 0.25) is 0 Å². The number of nitrogens with two attached hydrogens (primary N) is 1. The van der Waals surface area contributed by atoms with Crippen molar-refractivity contribution in [1.29, 1.82) is 0 Å². The highest BCUT2D eigenvalue weighted by Gasteiger charge is 2.27. The van der Waals surface area contributed by atoms with Crippen LogP contribution in [0, 0.1) is 16.0 Å². The van der Waals surface area contributed by atoms with Crippen molar-refractivity contribution in [3.8, 4) is 11.5 Å². The van der Waals surface area contributed by atoms with E-state index < -0.39 is 4.92 Å². The summed E-state index contributed by atoms with van der Waals surface area (Å²) < 4.78 is 0. The Morgan fingerprint density at radius 3 is 2.67 bits per heavy atom. The molecular weight excluding hydrogens is 278 g/mol. The molecule has 0 heterocycles. The molecule has 0 aromatic heterocycles. The number of aliphatic hydroxyl groups excluding tert-OH is 1. The summed E-state index contributed by atoms with van der Waals surface area (Å²) in [5.41, 5.74) is 5.13. The van der Waals surface area contributed by atoms with Gasteiger partial charge < -0.3 is 15.3 Å². The lowest BCUT2D eigenvalue weighted by Gasteiger charge is -2.19. The molecule has 1 unspecified atom stereocenters. The van der Waals surface area contributed by atoms with Gasteiger partial charge in [-0.1, -0.05) is 6.92 Å². The molecular formula is C13H16N3O5+. The molecule has 0 aliphatic heterocycles. The lowest BCUT2D eigenvalue weighted by atomic mass is 9.96. The molecule has 1 aromatic carbocycles. The quantitative estimate of drug-likeness (QED) is 0.139. The molecule has 6 N–H and O–H groups in total. The zero-order chi connectivity index (χ0) is 15.6. The summed E-state index contributed by atoms with van der Waals surface area (Å²) in [6.07, 6.45) is 1.32. The monoisotopic (exact) mass is 294 g/mol. The van der Waals surface area contributed by atoms with Gasteiger partial charge in [0.05, 0.1) is 11.0 Å². The standard InChI is InChI=1S/C13H15N3O5/c1-7-4-8(16(20)21)5-12(19)13(7)15-14-10-3-2-9(17)6-11(10)18/h2-3,5-7,14-15,17-19H,4H2,1H3/p+1. The minimum Gasteiger partial charge on any atom is -0.508 e. The number of rotatable bonds is 4. The van der Waals surface area contributed by atoms with Gasteiger partial charge in [-0.05, 0) is 6.07 Å². The average Bonchev–Trinajstić information content (AvgIpc) is 2.39. The van der Waals surface area contributed by atoms with Crippen molar-refractivity contribution in [3.63, 3.8) is 0 Å². The Morgan fingerprint density at radius 1 is 1.38 bits per heavy atom. The Morgan fingerprint density at radius 2 is 2.10 bits per heavy atom. The third-order valence-corrected chi connectivity index (χ3v) is 3.22. The first kappa shape index (κ1) is 14.7. The number of aliphatic hydroxyl groups is 1. The first-order chi connectivity index (χ1) is 9.88. The summed E-state index contributed by atoms with van der Waals surface area (Å²) in [6, 6.07) is 4.11. The van der Waals surface area contributed by atoms with E-state index in [1.54, 1.807) is 6.92 Å².